The van der Waals surface area contributed by atoms with Crippen molar-refractivity contribution in [1.82, 2.24) is 14.5 Å². The molecule has 3 heterocycles. The normalized spacial score (nSPS) is 13.6. The maximum absolute atomic E-state index is 10.9. The molecule has 0 fully saturated rings. The van der Waals surface area contributed by atoms with Gasteiger partial charge in [-0.3, -0.25) is 15.5 Å². The largest absolute Gasteiger partial charge is 0.316 e. The average molecular weight is 418 g/mol. The maximum Gasteiger partial charge on any atom is 0.269 e. The van der Waals surface area contributed by atoms with Crippen molar-refractivity contribution in [1.29, 1.82) is 0 Å². The molecule has 1 aliphatic carbocycles. The molecule has 0 unspecified atom stereocenters. The van der Waals surface area contributed by atoms with Gasteiger partial charge in [0.2, 0.25) is 0 Å². The molecule has 1 aliphatic rings. The molecule has 8 nitrogen and oxygen atoms in total. The van der Waals surface area contributed by atoms with E-state index in [0.717, 1.165) is 40.3 Å². The maximum atomic E-state index is 10.9. The molecule has 0 amide bonds. The highest BCUT2D eigenvalue weighted by molar-refractivity contribution is 7.19. The number of anilines is 1. The van der Waals surface area contributed by atoms with E-state index in [9.17, 15) is 10.1 Å². The van der Waals surface area contributed by atoms with Crippen LogP contribution >= 0.6 is 11.3 Å². The van der Waals surface area contributed by atoms with E-state index in [1.165, 1.54) is 35.4 Å². The molecule has 3 aromatic heterocycles. The third kappa shape index (κ3) is 3.33. The summed E-state index contributed by atoms with van der Waals surface area (Å²) >= 11 is 1.75. The van der Waals surface area contributed by atoms with Gasteiger partial charge in [0.15, 0.2) is 5.82 Å². The van der Waals surface area contributed by atoms with E-state index >= 15 is 0 Å². The van der Waals surface area contributed by atoms with Gasteiger partial charge in [0.1, 0.15) is 11.2 Å². The van der Waals surface area contributed by atoms with Gasteiger partial charge in [-0.05, 0) is 55.5 Å². The molecule has 4 aromatic rings. The first kappa shape index (κ1) is 18.4. The number of aromatic nitrogens is 3. The summed E-state index contributed by atoms with van der Waals surface area (Å²) in [5.74, 6) is 0.726. The Balaban J connectivity index is 1.41. The average Bonchev–Trinajstić information content (AvgIpc) is 3.38. The van der Waals surface area contributed by atoms with Crippen LogP contribution in [0.1, 0.15) is 29.0 Å². The number of hydrogen-bond donors (Lipinski definition) is 1. The van der Waals surface area contributed by atoms with Crippen molar-refractivity contribution < 1.29 is 4.92 Å². The molecule has 0 bridgehead atoms. The Hall–Kier alpha value is -3.59. The first-order valence-electron chi connectivity index (χ1n) is 9.67. The Labute approximate surface area is 176 Å². The number of aryl methyl sites for hydroxylation is 2. The summed E-state index contributed by atoms with van der Waals surface area (Å²) in [6.45, 7) is 0. The van der Waals surface area contributed by atoms with Crippen molar-refractivity contribution in [3.05, 3.63) is 75.2 Å². The number of non-ortho nitro benzene ring substituents is 1. The van der Waals surface area contributed by atoms with Gasteiger partial charge in [-0.25, -0.2) is 9.97 Å². The van der Waals surface area contributed by atoms with E-state index in [2.05, 4.69) is 20.5 Å². The summed E-state index contributed by atoms with van der Waals surface area (Å²) in [5, 5.41) is 16.4. The van der Waals surface area contributed by atoms with Gasteiger partial charge in [0, 0.05) is 28.9 Å². The van der Waals surface area contributed by atoms with E-state index in [1.54, 1.807) is 36.0 Å². The van der Waals surface area contributed by atoms with E-state index in [0.29, 0.717) is 0 Å². The van der Waals surface area contributed by atoms with Crippen LogP contribution < -0.4 is 5.43 Å². The van der Waals surface area contributed by atoms with Crippen LogP contribution in [-0.4, -0.2) is 25.7 Å². The van der Waals surface area contributed by atoms with Gasteiger partial charge in [-0.1, -0.05) is 0 Å². The second-order valence-electron chi connectivity index (χ2n) is 7.06. The minimum atomic E-state index is -0.405. The fraction of sp³-hybridized carbons (Fsp3) is 0.190. The SMILES string of the molecule is O=[N+]([O-])c1ccc(-n2cccc2/C=N/Nc2ncnc3sc4c(c23)CCCC4)cc1. The summed E-state index contributed by atoms with van der Waals surface area (Å²) < 4.78 is 1.91. The molecule has 30 heavy (non-hydrogen) atoms. The number of rotatable bonds is 5. The van der Waals surface area contributed by atoms with Crippen molar-refractivity contribution in [2.75, 3.05) is 5.43 Å². The predicted octanol–water partition coefficient (Wildman–Crippen LogP) is 4.72. The van der Waals surface area contributed by atoms with Gasteiger partial charge in [0.05, 0.1) is 22.2 Å². The molecule has 0 aliphatic heterocycles. The lowest BCUT2D eigenvalue weighted by Gasteiger charge is -2.11. The van der Waals surface area contributed by atoms with Gasteiger partial charge >= 0.3 is 0 Å². The molecule has 0 atom stereocenters. The Bertz CT molecular complexity index is 1260. The van der Waals surface area contributed by atoms with Gasteiger partial charge < -0.3 is 4.57 Å². The highest BCUT2D eigenvalue weighted by Crippen LogP contribution is 2.38. The van der Waals surface area contributed by atoms with Gasteiger partial charge in [0.25, 0.3) is 5.69 Å². The molecule has 1 N–H and O–H groups in total. The Morgan fingerprint density at radius 2 is 2.00 bits per heavy atom. The zero-order chi connectivity index (χ0) is 20.5. The lowest BCUT2D eigenvalue weighted by atomic mass is 9.97. The smallest absolute Gasteiger partial charge is 0.269 e. The quantitative estimate of drug-likeness (QED) is 0.287. The van der Waals surface area contributed by atoms with Crippen LogP contribution in [0.3, 0.4) is 0 Å². The van der Waals surface area contributed by atoms with Gasteiger partial charge in [-0.2, -0.15) is 5.10 Å². The number of thiophene rings is 1. The zero-order valence-corrected chi connectivity index (χ0v) is 16.8. The second-order valence-corrected chi connectivity index (χ2v) is 8.14. The summed E-state index contributed by atoms with van der Waals surface area (Å²) in [5.41, 5.74) is 6.17. The van der Waals surface area contributed by atoms with E-state index in [1.807, 2.05) is 22.9 Å². The first-order valence-corrected chi connectivity index (χ1v) is 10.5. The Kier molecular flexibility index (Phi) is 4.72. The molecule has 0 radical (unpaired) electrons. The highest BCUT2D eigenvalue weighted by atomic mass is 32.1. The van der Waals surface area contributed by atoms with Crippen molar-refractivity contribution in [3.8, 4) is 5.69 Å². The molecule has 0 spiro atoms. The number of hydrogen-bond acceptors (Lipinski definition) is 7. The van der Waals surface area contributed by atoms with E-state index < -0.39 is 4.92 Å². The number of benzene rings is 1. The van der Waals surface area contributed by atoms with Crippen LogP contribution in [0.5, 0.6) is 0 Å². The second kappa shape index (κ2) is 7.68. The molecule has 0 saturated carbocycles. The van der Waals surface area contributed by atoms with Crippen molar-refractivity contribution in [3.63, 3.8) is 0 Å². The minimum Gasteiger partial charge on any atom is -0.316 e. The Morgan fingerprint density at radius 1 is 1.17 bits per heavy atom. The summed E-state index contributed by atoms with van der Waals surface area (Å²) in [6.07, 6.45) is 9.77. The number of nitrogens with zero attached hydrogens (tertiary/aromatic N) is 5. The monoisotopic (exact) mass is 418 g/mol. The molecule has 150 valence electrons. The zero-order valence-electron chi connectivity index (χ0n) is 16.0. The molecule has 9 heteroatoms. The summed E-state index contributed by atoms with van der Waals surface area (Å²) in [6, 6.07) is 10.2. The standard InChI is InChI=1S/C21H18N6O2S/c28-27(29)15-9-7-14(8-10-15)26-11-3-4-16(26)12-24-25-20-19-17-5-1-2-6-18(17)30-21(19)23-13-22-20/h3-4,7-13H,1-2,5-6H2,(H,22,23,25)/b24-12+. The van der Waals surface area contributed by atoms with Crippen LogP contribution in [0.25, 0.3) is 15.9 Å². The van der Waals surface area contributed by atoms with Crippen LogP contribution in [0.2, 0.25) is 0 Å². The molecule has 1 aromatic carbocycles. The lowest BCUT2D eigenvalue weighted by Crippen LogP contribution is -2.02. The summed E-state index contributed by atoms with van der Waals surface area (Å²) in [4.78, 5) is 21.7. The lowest BCUT2D eigenvalue weighted by molar-refractivity contribution is -0.384. The topological polar surface area (TPSA) is 98.2 Å². The van der Waals surface area contributed by atoms with Crippen LogP contribution in [0.4, 0.5) is 11.5 Å². The van der Waals surface area contributed by atoms with Crippen LogP contribution in [0.15, 0.2) is 54.0 Å². The highest BCUT2D eigenvalue weighted by Gasteiger charge is 2.19. The number of nitrogens with one attached hydrogen (secondary N) is 1. The fourth-order valence-electron chi connectivity index (χ4n) is 3.80. The van der Waals surface area contributed by atoms with E-state index in [-0.39, 0.29) is 5.69 Å². The number of nitro groups is 1. The van der Waals surface area contributed by atoms with Crippen LogP contribution in [-0.2, 0) is 12.8 Å². The molecule has 5 rings (SSSR count). The number of fused-ring (bicyclic) bond motifs is 3. The first-order chi connectivity index (χ1) is 14.7. The third-order valence-corrected chi connectivity index (χ3v) is 6.44. The van der Waals surface area contributed by atoms with Gasteiger partial charge in [-0.15, -0.1) is 11.3 Å². The molecule has 0 saturated heterocycles. The summed E-state index contributed by atoms with van der Waals surface area (Å²) in [7, 11) is 0. The van der Waals surface area contributed by atoms with Crippen molar-refractivity contribution in [2.24, 2.45) is 5.10 Å². The van der Waals surface area contributed by atoms with Crippen LogP contribution in [0, 0.1) is 10.1 Å². The number of hydrazone groups is 1. The molecular weight excluding hydrogens is 400 g/mol. The Morgan fingerprint density at radius 3 is 2.83 bits per heavy atom. The third-order valence-electron chi connectivity index (χ3n) is 5.24. The predicted molar refractivity (Wildman–Crippen MR) is 118 cm³/mol. The number of nitro benzene ring substituents is 1. The molecular formula is C21H18N6O2S. The van der Waals surface area contributed by atoms with Crippen molar-refractivity contribution in [2.45, 2.75) is 25.7 Å². The van der Waals surface area contributed by atoms with E-state index in [4.69, 9.17) is 0 Å². The van der Waals surface area contributed by atoms with Crippen molar-refractivity contribution >= 4 is 39.3 Å². The fourth-order valence-corrected chi connectivity index (χ4v) is 5.03. The minimum absolute atomic E-state index is 0.0645.